The number of hydrogen-bond acceptors (Lipinski definition) is 3. The number of carbonyl (C=O) groups excluding carboxylic acids is 1. The second-order valence-electron chi connectivity index (χ2n) is 2.92. The molecule has 0 aliphatic rings. The first kappa shape index (κ1) is 9.65. The Labute approximate surface area is 89.7 Å². The zero-order chi connectivity index (χ0) is 10.1. The average molecular weight is 227 g/mol. The molecule has 0 saturated carbocycles. The lowest BCUT2D eigenvalue weighted by molar-refractivity contribution is 0.112. The maximum atomic E-state index is 10.7. The van der Waals surface area contributed by atoms with Crippen LogP contribution in [-0.2, 0) is 6.61 Å². The summed E-state index contributed by atoms with van der Waals surface area (Å²) in [7, 11) is 0. The van der Waals surface area contributed by atoms with Crippen molar-refractivity contribution in [3.63, 3.8) is 0 Å². The maximum Gasteiger partial charge on any atom is 0.150 e. The minimum absolute atomic E-state index is 0.128. The van der Waals surface area contributed by atoms with Gasteiger partial charge in [-0.05, 0) is 29.1 Å². The fraction of sp³-hybridized carbons (Fsp3) is 0.100. The van der Waals surface area contributed by atoms with E-state index in [0.717, 1.165) is 16.4 Å². The zero-order valence-corrected chi connectivity index (χ0v) is 8.73. The summed E-state index contributed by atoms with van der Waals surface area (Å²) < 4.78 is 1.65. The van der Waals surface area contributed by atoms with Crippen LogP contribution in [0, 0.1) is 0 Å². The number of thiophene rings is 1. The molecule has 0 unspecified atom stereocenters. The number of aldehydes is 1. The summed E-state index contributed by atoms with van der Waals surface area (Å²) in [5, 5.41) is 9.99. The third-order valence-corrected chi connectivity index (χ3v) is 3.27. The Morgan fingerprint density at radius 3 is 2.86 bits per heavy atom. The van der Waals surface area contributed by atoms with Crippen molar-refractivity contribution >= 4 is 39.3 Å². The van der Waals surface area contributed by atoms with Crippen LogP contribution in [-0.4, -0.2) is 11.4 Å². The molecular weight excluding hydrogens is 220 g/mol. The Kier molecular flexibility index (Phi) is 2.54. The molecule has 14 heavy (non-hydrogen) atoms. The number of fused-ring (bicyclic) bond motifs is 1. The fourth-order valence-corrected chi connectivity index (χ4v) is 2.55. The molecule has 0 aliphatic carbocycles. The van der Waals surface area contributed by atoms with Crippen LogP contribution < -0.4 is 0 Å². The molecule has 1 aromatic heterocycles. The minimum atomic E-state index is -0.128. The highest BCUT2D eigenvalue weighted by atomic mass is 35.5. The predicted octanol–water partition coefficient (Wildman–Crippen LogP) is 2.86. The molecule has 72 valence electrons. The third-order valence-electron chi connectivity index (χ3n) is 2.05. The number of aliphatic hydroxyl groups is 1. The van der Waals surface area contributed by atoms with E-state index in [1.54, 1.807) is 12.1 Å². The molecule has 2 nitrogen and oxygen atoms in total. The van der Waals surface area contributed by atoms with Gasteiger partial charge in [-0.1, -0.05) is 11.6 Å². The summed E-state index contributed by atoms with van der Waals surface area (Å²) in [4.78, 5) is 10.7. The van der Waals surface area contributed by atoms with Crippen molar-refractivity contribution in [2.24, 2.45) is 0 Å². The molecule has 4 heteroatoms. The van der Waals surface area contributed by atoms with Crippen molar-refractivity contribution in [3.8, 4) is 0 Å². The van der Waals surface area contributed by atoms with Gasteiger partial charge in [0.05, 0.1) is 10.9 Å². The zero-order valence-electron chi connectivity index (χ0n) is 7.16. The van der Waals surface area contributed by atoms with Gasteiger partial charge in [-0.3, -0.25) is 4.79 Å². The SMILES string of the molecule is O=Cc1cc2sc(Cl)cc2cc1CO. The van der Waals surface area contributed by atoms with E-state index in [2.05, 4.69) is 0 Å². The molecule has 0 aliphatic heterocycles. The van der Waals surface area contributed by atoms with Crippen LogP contribution in [0.4, 0.5) is 0 Å². The lowest BCUT2D eigenvalue weighted by Crippen LogP contribution is -1.91. The first-order valence-corrected chi connectivity index (χ1v) is 5.22. The van der Waals surface area contributed by atoms with Crippen LogP contribution in [0.5, 0.6) is 0 Å². The van der Waals surface area contributed by atoms with Gasteiger partial charge in [0.1, 0.15) is 6.29 Å². The maximum absolute atomic E-state index is 10.7. The van der Waals surface area contributed by atoms with Gasteiger partial charge < -0.3 is 5.11 Å². The van der Waals surface area contributed by atoms with Crippen molar-refractivity contribution in [2.75, 3.05) is 0 Å². The van der Waals surface area contributed by atoms with Crippen LogP contribution in [0.15, 0.2) is 18.2 Å². The standard InChI is InChI=1S/C10H7ClO2S/c11-10-3-6-1-7(4-12)8(5-13)2-9(6)14-10/h1-3,5,12H,4H2. The van der Waals surface area contributed by atoms with Crippen LogP contribution in [0.25, 0.3) is 10.1 Å². The highest BCUT2D eigenvalue weighted by Gasteiger charge is 2.06. The molecule has 2 rings (SSSR count). The Bertz CT molecular complexity index is 490. The van der Waals surface area contributed by atoms with E-state index >= 15 is 0 Å². The van der Waals surface area contributed by atoms with Crippen molar-refractivity contribution in [3.05, 3.63) is 33.7 Å². The van der Waals surface area contributed by atoms with Crippen molar-refractivity contribution in [1.82, 2.24) is 0 Å². The van der Waals surface area contributed by atoms with Gasteiger partial charge in [-0.2, -0.15) is 0 Å². The molecule has 0 saturated heterocycles. The Balaban J connectivity index is 2.74. The molecule has 0 radical (unpaired) electrons. The molecule has 2 aromatic rings. The van der Waals surface area contributed by atoms with Crippen LogP contribution in [0.3, 0.4) is 0 Å². The summed E-state index contributed by atoms with van der Waals surface area (Å²) >= 11 is 7.27. The lowest BCUT2D eigenvalue weighted by atomic mass is 10.1. The number of benzene rings is 1. The molecule has 0 amide bonds. The van der Waals surface area contributed by atoms with E-state index in [0.29, 0.717) is 15.5 Å². The normalized spacial score (nSPS) is 10.7. The number of hydrogen-bond donors (Lipinski definition) is 1. The van der Waals surface area contributed by atoms with Gasteiger partial charge >= 0.3 is 0 Å². The predicted molar refractivity (Wildman–Crippen MR) is 58.1 cm³/mol. The van der Waals surface area contributed by atoms with E-state index in [4.69, 9.17) is 16.7 Å². The van der Waals surface area contributed by atoms with Crippen LogP contribution >= 0.6 is 22.9 Å². The second-order valence-corrected chi connectivity index (χ2v) is 4.63. The molecular formula is C10H7ClO2S. The van der Waals surface area contributed by atoms with Crippen LogP contribution in [0.2, 0.25) is 4.34 Å². The smallest absolute Gasteiger partial charge is 0.150 e. The molecule has 1 N–H and O–H groups in total. The first-order valence-electron chi connectivity index (χ1n) is 4.02. The van der Waals surface area contributed by atoms with Gasteiger partial charge in [0.2, 0.25) is 0 Å². The topological polar surface area (TPSA) is 37.3 Å². The summed E-state index contributed by atoms with van der Waals surface area (Å²) in [6, 6.07) is 5.38. The third kappa shape index (κ3) is 1.54. The van der Waals surface area contributed by atoms with E-state index in [1.807, 2.05) is 6.07 Å². The van der Waals surface area contributed by atoms with Gasteiger partial charge in [0, 0.05) is 10.3 Å². The fourth-order valence-electron chi connectivity index (χ4n) is 1.36. The van der Waals surface area contributed by atoms with E-state index in [-0.39, 0.29) is 6.61 Å². The van der Waals surface area contributed by atoms with Crippen molar-refractivity contribution in [2.45, 2.75) is 6.61 Å². The second kappa shape index (κ2) is 3.69. The summed E-state index contributed by atoms with van der Waals surface area (Å²) in [6.45, 7) is -0.128. The van der Waals surface area contributed by atoms with E-state index < -0.39 is 0 Å². The minimum Gasteiger partial charge on any atom is -0.392 e. The largest absolute Gasteiger partial charge is 0.392 e. The van der Waals surface area contributed by atoms with Gasteiger partial charge in [-0.15, -0.1) is 11.3 Å². The van der Waals surface area contributed by atoms with E-state index in [9.17, 15) is 4.79 Å². The molecule has 0 spiro atoms. The number of aliphatic hydroxyl groups excluding tert-OH is 1. The van der Waals surface area contributed by atoms with Crippen molar-refractivity contribution in [1.29, 1.82) is 0 Å². The molecule has 0 atom stereocenters. The highest BCUT2D eigenvalue weighted by molar-refractivity contribution is 7.22. The molecule has 0 bridgehead atoms. The van der Waals surface area contributed by atoms with Gasteiger partial charge in [0.15, 0.2) is 0 Å². The van der Waals surface area contributed by atoms with Crippen molar-refractivity contribution < 1.29 is 9.90 Å². The Morgan fingerprint density at radius 1 is 1.43 bits per heavy atom. The van der Waals surface area contributed by atoms with Gasteiger partial charge in [-0.25, -0.2) is 0 Å². The van der Waals surface area contributed by atoms with Gasteiger partial charge in [0.25, 0.3) is 0 Å². The molecule has 1 heterocycles. The monoisotopic (exact) mass is 226 g/mol. The van der Waals surface area contributed by atoms with Crippen LogP contribution in [0.1, 0.15) is 15.9 Å². The summed E-state index contributed by atoms with van der Waals surface area (Å²) in [5.41, 5.74) is 1.17. The highest BCUT2D eigenvalue weighted by Crippen LogP contribution is 2.31. The molecule has 1 aromatic carbocycles. The Morgan fingerprint density at radius 2 is 2.21 bits per heavy atom. The summed E-state index contributed by atoms with van der Waals surface area (Å²) in [5.74, 6) is 0. The number of carbonyl (C=O) groups is 1. The number of halogens is 1. The quantitative estimate of drug-likeness (QED) is 0.800. The molecule has 0 fully saturated rings. The lowest BCUT2D eigenvalue weighted by Gasteiger charge is -2.00. The average Bonchev–Trinajstić information content (AvgIpc) is 2.54. The number of rotatable bonds is 2. The Hall–Kier alpha value is -0.900. The first-order chi connectivity index (χ1) is 6.74. The summed E-state index contributed by atoms with van der Waals surface area (Å²) in [6.07, 6.45) is 0.749. The van der Waals surface area contributed by atoms with E-state index in [1.165, 1.54) is 11.3 Å².